The Kier molecular flexibility index (Phi) is 5.64. The van der Waals surface area contributed by atoms with Crippen LogP contribution >= 0.6 is 11.6 Å². The molecule has 0 unspecified atom stereocenters. The van der Waals surface area contributed by atoms with E-state index >= 15 is 0 Å². The van der Waals surface area contributed by atoms with Crippen LogP contribution in [-0.2, 0) is 13.0 Å². The predicted molar refractivity (Wildman–Crippen MR) is 101 cm³/mol. The maximum atomic E-state index is 9.58. The van der Waals surface area contributed by atoms with Gasteiger partial charge in [0.25, 0.3) is 0 Å². The fourth-order valence-corrected chi connectivity index (χ4v) is 3.45. The molecule has 0 saturated heterocycles. The molecule has 0 saturated carbocycles. The van der Waals surface area contributed by atoms with E-state index in [1.807, 2.05) is 6.92 Å². The monoisotopic (exact) mass is 344 g/mol. The molecule has 3 rings (SSSR count). The molecule has 1 heterocycles. The molecule has 0 radical (unpaired) electrons. The number of nitrogens with one attached hydrogen (secondary N) is 1. The van der Waals surface area contributed by atoms with Gasteiger partial charge in [0.1, 0.15) is 5.75 Å². The average Bonchev–Trinajstić information content (AvgIpc) is 2.59. The lowest BCUT2D eigenvalue weighted by Crippen LogP contribution is -2.31. The minimum Gasteiger partial charge on any atom is -0.506 e. The third-order valence-corrected chi connectivity index (χ3v) is 5.02. The minimum absolute atomic E-state index is 0.144. The summed E-state index contributed by atoms with van der Waals surface area (Å²) in [6, 6.07) is 12.3. The van der Waals surface area contributed by atoms with Crippen LogP contribution in [0.3, 0.4) is 0 Å². The van der Waals surface area contributed by atoms with Gasteiger partial charge in [0.2, 0.25) is 0 Å². The molecule has 1 aliphatic heterocycles. The summed E-state index contributed by atoms with van der Waals surface area (Å²) in [5, 5.41) is 13.4. The molecule has 0 atom stereocenters. The summed E-state index contributed by atoms with van der Waals surface area (Å²) in [7, 11) is 0. The van der Waals surface area contributed by atoms with Gasteiger partial charge in [-0.15, -0.1) is 0 Å². The SMILES string of the molecule is Cc1cc(O)c(Cl)cc1NCCCCN1CCc2ccccc2C1. The lowest BCUT2D eigenvalue weighted by atomic mass is 10.00. The number of benzene rings is 2. The smallest absolute Gasteiger partial charge is 0.134 e. The van der Waals surface area contributed by atoms with Crippen LogP contribution in [0.2, 0.25) is 5.02 Å². The molecular weight excluding hydrogens is 320 g/mol. The van der Waals surface area contributed by atoms with Crippen molar-refractivity contribution in [3.05, 3.63) is 58.1 Å². The highest BCUT2D eigenvalue weighted by Gasteiger charge is 2.14. The normalized spacial score (nSPS) is 14.4. The van der Waals surface area contributed by atoms with Crippen molar-refractivity contribution < 1.29 is 5.11 Å². The molecule has 4 heteroatoms. The lowest BCUT2D eigenvalue weighted by molar-refractivity contribution is 0.250. The maximum absolute atomic E-state index is 9.58. The number of nitrogens with zero attached hydrogens (tertiary/aromatic N) is 1. The van der Waals surface area contributed by atoms with E-state index in [1.54, 1.807) is 12.1 Å². The van der Waals surface area contributed by atoms with Crippen LogP contribution in [0, 0.1) is 6.92 Å². The van der Waals surface area contributed by atoms with E-state index in [0.29, 0.717) is 5.02 Å². The van der Waals surface area contributed by atoms with Crippen molar-refractivity contribution in [3.63, 3.8) is 0 Å². The summed E-state index contributed by atoms with van der Waals surface area (Å²) in [4.78, 5) is 2.55. The number of hydrogen-bond acceptors (Lipinski definition) is 3. The highest BCUT2D eigenvalue weighted by Crippen LogP contribution is 2.29. The first-order valence-electron chi connectivity index (χ1n) is 8.65. The number of rotatable bonds is 6. The van der Waals surface area contributed by atoms with Gasteiger partial charge in [-0.2, -0.15) is 0 Å². The Morgan fingerprint density at radius 1 is 1.17 bits per heavy atom. The van der Waals surface area contributed by atoms with Crippen molar-refractivity contribution in [1.82, 2.24) is 4.90 Å². The van der Waals surface area contributed by atoms with Crippen molar-refractivity contribution in [3.8, 4) is 5.75 Å². The van der Waals surface area contributed by atoms with Crippen LogP contribution in [0.1, 0.15) is 29.5 Å². The minimum atomic E-state index is 0.144. The Morgan fingerprint density at radius 3 is 2.79 bits per heavy atom. The molecule has 0 spiro atoms. The molecule has 2 aromatic rings. The van der Waals surface area contributed by atoms with Gasteiger partial charge < -0.3 is 10.4 Å². The summed E-state index contributed by atoms with van der Waals surface area (Å²) < 4.78 is 0. The van der Waals surface area contributed by atoms with Gasteiger partial charge in [0.05, 0.1) is 5.02 Å². The fourth-order valence-electron chi connectivity index (χ4n) is 3.29. The van der Waals surface area contributed by atoms with Crippen LogP contribution in [-0.4, -0.2) is 29.6 Å². The van der Waals surface area contributed by atoms with E-state index in [-0.39, 0.29) is 5.75 Å². The number of aryl methyl sites for hydroxylation is 1. The number of hydrogen-bond donors (Lipinski definition) is 2. The van der Waals surface area contributed by atoms with Crippen LogP contribution in [0.15, 0.2) is 36.4 Å². The maximum Gasteiger partial charge on any atom is 0.134 e. The first-order valence-corrected chi connectivity index (χ1v) is 9.03. The van der Waals surface area contributed by atoms with Crippen LogP contribution in [0.4, 0.5) is 5.69 Å². The fraction of sp³-hybridized carbons (Fsp3) is 0.400. The van der Waals surface area contributed by atoms with E-state index in [1.165, 1.54) is 24.0 Å². The largest absolute Gasteiger partial charge is 0.506 e. The van der Waals surface area contributed by atoms with Crippen molar-refractivity contribution in [2.45, 2.75) is 32.7 Å². The number of fused-ring (bicyclic) bond motifs is 1. The van der Waals surface area contributed by atoms with E-state index < -0.39 is 0 Å². The molecular formula is C20H25ClN2O. The van der Waals surface area contributed by atoms with Gasteiger partial charge in [-0.25, -0.2) is 0 Å². The van der Waals surface area contributed by atoms with Gasteiger partial charge in [-0.3, -0.25) is 4.90 Å². The van der Waals surface area contributed by atoms with E-state index in [9.17, 15) is 5.11 Å². The Morgan fingerprint density at radius 2 is 1.96 bits per heavy atom. The molecule has 0 aliphatic carbocycles. The van der Waals surface area contributed by atoms with Crippen molar-refractivity contribution in [1.29, 1.82) is 0 Å². The third kappa shape index (κ3) is 4.22. The summed E-state index contributed by atoms with van der Waals surface area (Å²) >= 11 is 5.97. The average molecular weight is 345 g/mol. The van der Waals surface area contributed by atoms with E-state index in [0.717, 1.165) is 43.9 Å². The van der Waals surface area contributed by atoms with Crippen LogP contribution < -0.4 is 5.32 Å². The molecule has 0 fully saturated rings. The Labute approximate surface area is 149 Å². The van der Waals surface area contributed by atoms with Crippen LogP contribution in [0.5, 0.6) is 5.75 Å². The molecule has 0 aromatic heterocycles. The third-order valence-electron chi connectivity index (χ3n) is 4.72. The molecule has 0 amide bonds. The quantitative estimate of drug-likeness (QED) is 0.593. The highest BCUT2D eigenvalue weighted by atomic mass is 35.5. The molecule has 128 valence electrons. The number of unbranched alkanes of at least 4 members (excludes halogenated alkanes) is 1. The number of aromatic hydroxyl groups is 1. The van der Waals surface area contributed by atoms with E-state index in [2.05, 4.69) is 34.5 Å². The molecule has 2 aromatic carbocycles. The lowest BCUT2D eigenvalue weighted by Gasteiger charge is -2.28. The zero-order chi connectivity index (χ0) is 16.9. The van der Waals surface area contributed by atoms with Gasteiger partial charge in [-0.1, -0.05) is 35.9 Å². The van der Waals surface area contributed by atoms with E-state index in [4.69, 9.17) is 11.6 Å². The van der Waals surface area contributed by atoms with Crippen molar-refractivity contribution >= 4 is 17.3 Å². The summed E-state index contributed by atoms with van der Waals surface area (Å²) in [5.41, 5.74) is 5.01. The predicted octanol–water partition coefficient (Wildman–Crippen LogP) is 4.60. The Balaban J connectivity index is 1.40. The van der Waals surface area contributed by atoms with Gasteiger partial charge in [0.15, 0.2) is 0 Å². The molecule has 3 nitrogen and oxygen atoms in total. The van der Waals surface area contributed by atoms with Gasteiger partial charge >= 0.3 is 0 Å². The summed E-state index contributed by atoms with van der Waals surface area (Å²) in [6.45, 7) is 6.29. The molecule has 2 N–H and O–H groups in total. The van der Waals surface area contributed by atoms with Crippen LogP contribution in [0.25, 0.3) is 0 Å². The first-order chi connectivity index (χ1) is 11.6. The zero-order valence-corrected chi connectivity index (χ0v) is 14.9. The summed E-state index contributed by atoms with van der Waals surface area (Å²) in [5.74, 6) is 0.144. The molecule has 24 heavy (non-hydrogen) atoms. The van der Waals surface area contributed by atoms with Gasteiger partial charge in [-0.05, 0) is 61.6 Å². The molecule has 0 bridgehead atoms. The number of phenolic OH excluding ortho intramolecular Hbond substituents is 1. The second-order valence-electron chi connectivity index (χ2n) is 6.55. The second kappa shape index (κ2) is 7.91. The number of phenols is 1. The Bertz CT molecular complexity index is 702. The zero-order valence-electron chi connectivity index (χ0n) is 14.2. The Hall–Kier alpha value is -1.71. The second-order valence-corrected chi connectivity index (χ2v) is 6.95. The van der Waals surface area contributed by atoms with Gasteiger partial charge in [0, 0.05) is 25.3 Å². The van der Waals surface area contributed by atoms with Crippen molar-refractivity contribution in [2.24, 2.45) is 0 Å². The highest BCUT2D eigenvalue weighted by molar-refractivity contribution is 6.32. The van der Waals surface area contributed by atoms with Crippen molar-refractivity contribution in [2.75, 3.05) is 25.0 Å². The summed E-state index contributed by atoms with van der Waals surface area (Å²) in [6.07, 6.45) is 3.47. The standard InChI is InChI=1S/C20H25ClN2O/c1-15-12-20(24)18(21)13-19(15)22-9-4-5-10-23-11-8-16-6-2-3-7-17(16)14-23/h2-3,6-7,12-13,22,24H,4-5,8-11,14H2,1H3. The number of halogens is 1. The molecule has 1 aliphatic rings. The number of anilines is 1. The topological polar surface area (TPSA) is 35.5 Å². The first kappa shape index (κ1) is 17.1.